The van der Waals surface area contributed by atoms with E-state index in [4.69, 9.17) is 9.97 Å². The number of nitrogens with zero attached hydrogens (tertiary/aromatic N) is 6. The minimum atomic E-state index is -0.487. The standard InChI is InChI=1S/C46H26N6O6/c1-21(2)5-7-23-17-33-38(20-36(23)52(57)58)50-43(47-33)29-13-9-25-27-11-15-31-42-30(14-10-26(40(27)42)28-12-16-32(46(50)54)41(29)39(25)28)44-48-34-19-35(51(55)56)24(8-6-22(3)4)18-37(34)49(44)45(31)53/h9-22H,1-4H3. The van der Waals surface area contributed by atoms with Crippen molar-refractivity contribution >= 4 is 109 Å². The minimum absolute atomic E-state index is 0.00312. The molecule has 7 aromatic carbocycles. The van der Waals surface area contributed by atoms with Crippen LogP contribution in [0.4, 0.5) is 11.4 Å². The summed E-state index contributed by atoms with van der Waals surface area (Å²) in [6.07, 6.45) is 0. The van der Waals surface area contributed by atoms with Crippen molar-refractivity contribution in [3.05, 3.63) is 125 Å². The molecule has 0 aliphatic carbocycles. The molecule has 0 fully saturated rings. The lowest BCUT2D eigenvalue weighted by Crippen LogP contribution is -2.14. The highest BCUT2D eigenvalue weighted by atomic mass is 16.6. The number of benzene rings is 7. The number of aromatic nitrogens is 4. The van der Waals surface area contributed by atoms with Crippen molar-refractivity contribution in [2.45, 2.75) is 27.7 Å². The first-order chi connectivity index (χ1) is 27.9. The van der Waals surface area contributed by atoms with Gasteiger partial charge in [-0.15, -0.1) is 0 Å². The monoisotopic (exact) mass is 758 g/mol. The first-order valence-corrected chi connectivity index (χ1v) is 18.7. The van der Waals surface area contributed by atoms with Gasteiger partial charge in [-0.1, -0.05) is 75.6 Å². The van der Waals surface area contributed by atoms with Crippen LogP contribution in [0.25, 0.3) is 98.0 Å². The fourth-order valence-corrected chi connectivity index (χ4v) is 8.80. The Bertz CT molecular complexity index is 3910. The molecule has 276 valence electrons. The predicted molar refractivity (Wildman–Crippen MR) is 227 cm³/mol. The second kappa shape index (κ2) is 11.3. The lowest BCUT2D eigenvalue weighted by atomic mass is 9.86. The summed E-state index contributed by atoms with van der Waals surface area (Å²) in [4.78, 5) is 62.0. The molecule has 0 amide bonds. The molecular formula is C46H26N6O6. The molecule has 0 spiro atoms. The van der Waals surface area contributed by atoms with Gasteiger partial charge in [-0.3, -0.25) is 38.6 Å². The van der Waals surface area contributed by atoms with Gasteiger partial charge in [0.05, 0.1) is 31.9 Å². The van der Waals surface area contributed by atoms with Crippen molar-refractivity contribution < 1.29 is 9.85 Å². The minimum Gasteiger partial charge on any atom is -0.268 e. The number of fused-ring (bicyclic) bond motifs is 10. The van der Waals surface area contributed by atoms with E-state index in [1.165, 1.54) is 20.9 Å². The van der Waals surface area contributed by atoms with E-state index in [1.54, 1.807) is 18.2 Å². The molecule has 0 N–H and O–H groups in total. The van der Waals surface area contributed by atoms with Gasteiger partial charge >= 0.3 is 0 Å². The van der Waals surface area contributed by atoms with Crippen molar-refractivity contribution in [2.75, 3.05) is 0 Å². The highest BCUT2D eigenvalue weighted by Gasteiger charge is 2.26. The fraction of sp³-hybridized carbons (Fsp3) is 0.130. The molecule has 58 heavy (non-hydrogen) atoms. The number of imidazole rings is 2. The van der Waals surface area contributed by atoms with Crippen molar-refractivity contribution in [1.29, 1.82) is 0 Å². The molecule has 0 saturated carbocycles. The maximum absolute atomic E-state index is 14.5. The van der Waals surface area contributed by atoms with Crippen molar-refractivity contribution in [1.82, 2.24) is 18.8 Å². The zero-order valence-electron chi connectivity index (χ0n) is 31.2. The van der Waals surface area contributed by atoms with Gasteiger partial charge in [0.25, 0.3) is 22.5 Å². The average molecular weight is 759 g/mol. The Morgan fingerprint density at radius 2 is 0.879 bits per heavy atom. The predicted octanol–water partition coefficient (Wildman–Crippen LogP) is 9.07. The second-order valence-corrected chi connectivity index (χ2v) is 15.4. The average Bonchev–Trinajstić information content (AvgIpc) is 3.77. The second-order valence-electron chi connectivity index (χ2n) is 15.4. The molecule has 0 radical (unpaired) electrons. The third kappa shape index (κ3) is 4.26. The van der Waals surface area contributed by atoms with Crippen LogP contribution in [0.3, 0.4) is 0 Å². The summed E-state index contributed by atoms with van der Waals surface area (Å²) in [6, 6.07) is 21.2. The van der Waals surface area contributed by atoms with Crippen LogP contribution in [0, 0.1) is 55.7 Å². The molecule has 4 aromatic heterocycles. The molecule has 11 rings (SSSR count). The molecule has 0 saturated heterocycles. The van der Waals surface area contributed by atoms with Gasteiger partial charge in [0.1, 0.15) is 22.4 Å². The van der Waals surface area contributed by atoms with Gasteiger partial charge in [-0.05, 0) is 68.7 Å². The maximum atomic E-state index is 14.5. The van der Waals surface area contributed by atoms with Crippen LogP contribution in [0.15, 0.2) is 82.4 Å². The maximum Gasteiger partial charge on any atom is 0.287 e. The van der Waals surface area contributed by atoms with Gasteiger partial charge in [-0.25, -0.2) is 9.97 Å². The Morgan fingerprint density at radius 1 is 0.517 bits per heavy atom. The van der Waals surface area contributed by atoms with Crippen LogP contribution < -0.4 is 11.1 Å². The summed E-state index contributed by atoms with van der Waals surface area (Å²) < 4.78 is 2.98. The molecule has 4 heterocycles. The fourth-order valence-electron chi connectivity index (χ4n) is 8.80. The number of hydrogen-bond donors (Lipinski definition) is 0. The van der Waals surface area contributed by atoms with E-state index in [2.05, 4.69) is 23.7 Å². The van der Waals surface area contributed by atoms with Gasteiger partial charge in [0.15, 0.2) is 0 Å². The van der Waals surface area contributed by atoms with Crippen LogP contribution in [0.1, 0.15) is 38.8 Å². The lowest BCUT2D eigenvalue weighted by Gasteiger charge is -2.18. The largest absolute Gasteiger partial charge is 0.287 e. The smallest absolute Gasteiger partial charge is 0.268 e. The summed E-state index contributed by atoms with van der Waals surface area (Å²) >= 11 is 0. The normalized spacial score (nSPS) is 12.2. The van der Waals surface area contributed by atoms with E-state index < -0.39 is 9.85 Å². The summed E-state index contributed by atoms with van der Waals surface area (Å²) in [5.41, 5.74) is 1.71. The van der Waals surface area contributed by atoms with Crippen molar-refractivity contribution in [2.24, 2.45) is 11.8 Å². The highest BCUT2D eigenvalue weighted by molar-refractivity contribution is 6.40. The Morgan fingerprint density at radius 3 is 1.33 bits per heavy atom. The van der Waals surface area contributed by atoms with E-state index in [-0.39, 0.29) is 45.5 Å². The summed E-state index contributed by atoms with van der Waals surface area (Å²) in [6.45, 7) is 7.60. The van der Waals surface area contributed by atoms with Gasteiger partial charge < -0.3 is 0 Å². The molecule has 0 aliphatic heterocycles. The summed E-state index contributed by atoms with van der Waals surface area (Å²) in [7, 11) is 0. The van der Waals surface area contributed by atoms with Crippen LogP contribution >= 0.6 is 0 Å². The molecule has 0 aliphatic rings. The van der Waals surface area contributed by atoms with E-state index in [0.717, 1.165) is 43.1 Å². The molecule has 0 atom stereocenters. The van der Waals surface area contributed by atoms with Crippen LogP contribution in [0.2, 0.25) is 0 Å². The van der Waals surface area contributed by atoms with Gasteiger partial charge in [0.2, 0.25) is 0 Å². The molecule has 0 bridgehead atoms. The van der Waals surface area contributed by atoms with Gasteiger partial charge in [0, 0.05) is 56.3 Å². The summed E-state index contributed by atoms with van der Waals surface area (Å²) in [5.74, 6) is 11.8. The van der Waals surface area contributed by atoms with E-state index in [9.17, 15) is 29.8 Å². The highest BCUT2D eigenvalue weighted by Crippen LogP contribution is 2.46. The third-order valence-electron chi connectivity index (χ3n) is 11.2. The Labute approximate surface area is 325 Å². The van der Waals surface area contributed by atoms with Crippen LogP contribution in [0.5, 0.6) is 0 Å². The lowest BCUT2D eigenvalue weighted by molar-refractivity contribution is -0.385. The molecule has 12 nitrogen and oxygen atoms in total. The molecule has 0 unspecified atom stereocenters. The molecule has 11 aromatic rings. The molecular weight excluding hydrogens is 733 g/mol. The number of hydrogen-bond acceptors (Lipinski definition) is 8. The number of rotatable bonds is 2. The Hall–Kier alpha value is -7.96. The van der Waals surface area contributed by atoms with E-state index >= 15 is 0 Å². The first-order valence-electron chi connectivity index (χ1n) is 18.7. The quantitative estimate of drug-likeness (QED) is 0.0556. The third-order valence-corrected chi connectivity index (χ3v) is 11.2. The first kappa shape index (κ1) is 33.4. The topological polar surface area (TPSA) is 155 Å². The summed E-state index contributed by atoms with van der Waals surface area (Å²) in [5, 5.41) is 33.3. The van der Waals surface area contributed by atoms with E-state index in [1.807, 2.05) is 70.2 Å². The van der Waals surface area contributed by atoms with Gasteiger partial charge in [-0.2, -0.15) is 0 Å². The van der Waals surface area contributed by atoms with Crippen molar-refractivity contribution in [3.63, 3.8) is 0 Å². The van der Waals surface area contributed by atoms with Crippen molar-refractivity contribution in [3.8, 4) is 23.7 Å². The number of pyridine rings is 2. The Kier molecular flexibility index (Phi) is 6.51. The zero-order valence-corrected chi connectivity index (χ0v) is 31.2. The zero-order chi connectivity index (χ0) is 40.0. The van der Waals surface area contributed by atoms with Crippen LogP contribution in [-0.4, -0.2) is 28.6 Å². The Balaban J connectivity index is 1.23. The number of nitro groups is 2. The number of nitro benzene ring substituents is 2. The SMILES string of the molecule is CC(C)C#Cc1cc2c(cc1[N+](=O)[O-])nc1c3ccc4c5ccc6c(=O)n7c8cc([N+](=O)[O-])c(C#CC(C)C)cc8nc7c7ccc(c8ccc(c(=O)n21)c3c48)c5c67. The van der Waals surface area contributed by atoms with E-state index in [0.29, 0.717) is 54.9 Å². The molecule has 12 heteroatoms. The van der Waals surface area contributed by atoms with Crippen LogP contribution in [-0.2, 0) is 0 Å².